The van der Waals surface area contributed by atoms with Gasteiger partial charge in [0, 0.05) is 26.1 Å². The summed E-state index contributed by atoms with van der Waals surface area (Å²) in [6, 6.07) is 5.88. The normalized spacial score (nSPS) is 30.9. The Bertz CT molecular complexity index is 721. The lowest BCUT2D eigenvalue weighted by Gasteiger charge is -2.51. The van der Waals surface area contributed by atoms with E-state index in [1.807, 2.05) is 18.2 Å². The molecule has 2 aromatic rings. The molecular weight excluding hydrogens is 310 g/mol. The lowest BCUT2D eigenvalue weighted by molar-refractivity contribution is -0.246. The molecular formula is C17H23N3O4. The van der Waals surface area contributed by atoms with E-state index in [1.165, 1.54) is 0 Å². The number of ether oxygens (including phenoxy) is 1. The van der Waals surface area contributed by atoms with Crippen molar-refractivity contribution in [3.8, 4) is 0 Å². The average Bonchev–Trinajstić information content (AvgIpc) is 3.04. The number of likely N-dealkylation sites (tertiary alicyclic amines) is 1. The molecule has 7 nitrogen and oxygen atoms in total. The molecule has 2 N–H and O–H groups in total. The average molecular weight is 333 g/mol. The standard InChI is InChI=1S/C17H23N3O4/c1-16(22)7-10-23-17(15(16)21)5-8-20(9-6-17)11-12-3-2-4-13-14(12)19-24-18-13/h2-4,15,21-22H,5-11H2,1H3/t15-,16+/m0/s1. The number of fused-ring (bicyclic) bond motifs is 1. The minimum atomic E-state index is -1.07. The fourth-order valence-corrected chi connectivity index (χ4v) is 3.98. The highest BCUT2D eigenvalue weighted by Gasteiger charge is 2.52. The van der Waals surface area contributed by atoms with Crippen LogP contribution in [0, 0.1) is 0 Å². The van der Waals surface area contributed by atoms with Crippen molar-refractivity contribution in [1.29, 1.82) is 0 Å². The molecule has 4 rings (SSSR count). The highest BCUT2D eigenvalue weighted by molar-refractivity contribution is 5.76. The van der Waals surface area contributed by atoms with Crippen molar-refractivity contribution >= 4 is 11.0 Å². The second kappa shape index (κ2) is 5.77. The number of hydrogen-bond donors (Lipinski definition) is 2. The predicted octanol–water partition coefficient (Wildman–Crippen LogP) is 1.09. The van der Waals surface area contributed by atoms with Crippen molar-refractivity contribution < 1.29 is 19.6 Å². The Kier molecular flexibility index (Phi) is 3.84. The van der Waals surface area contributed by atoms with Gasteiger partial charge in [0.25, 0.3) is 0 Å². The summed E-state index contributed by atoms with van der Waals surface area (Å²) in [6.07, 6.45) is 1.04. The van der Waals surface area contributed by atoms with Crippen molar-refractivity contribution in [2.24, 2.45) is 0 Å². The number of piperidine rings is 1. The smallest absolute Gasteiger partial charge is 0.139 e. The molecule has 7 heteroatoms. The van der Waals surface area contributed by atoms with Crippen molar-refractivity contribution in [3.63, 3.8) is 0 Å². The van der Waals surface area contributed by atoms with Gasteiger partial charge in [-0.15, -0.1) is 0 Å². The summed E-state index contributed by atoms with van der Waals surface area (Å²) in [5, 5.41) is 28.8. The fourth-order valence-electron chi connectivity index (χ4n) is 3.98. The lowest BCUT2D eigenvalue weighted by Crippen LogP contribution is -2.64. The third kappa shape index (κ3) is 2.61. The predicted molar refractivity (Wildman–Crippen MR) is 86.2 cm³/mol. The lowest BCUT2D eigenvalue weighted by atomic mass is 9.75. The van der Waals surface area contributed by atoms with Gasteiger partial charge in [-0.2, -0.15) is 0 Å². The molecule has 2 atom stereocenters. The zero-order chi connectivity index (χ0) is 16.8. The van der Waals surface area contributed by atoms with Crippen LogP contribution in [-0.2, 0) is 11.3 Å². The molecule has 0 radical (unpaired) electrons. The van der Waals surface area contributed by atoms with Crippen LogP contribution >= 0.6 is 0 Å². The Morgan fingerprint density at radius 3 is 2.83 bits per heavy atom. The van der Waals surface area contributed by atoms with Crippen LogP contribution in [0.25, 0.3) is 11.0 Å². The Labute approximate surface area is 140 Å². The quantitative estimate of drug-likeness (QED) is 0.850. The molecule has 2 saturated heterocycles. The van der Waals surface area contributed by atoms with Gasteiger partial charge in [-0.1, -0.05) is 12.1 Å². The van der Waals surface area contributed by atoms with E-state index >= 15 is 0 Å². The second-order valence-electron chi connectivity index (χ2n) is 7.25. The molecule has 130 valence electrons. The van der Waals surface area contributed by atoms with Crippen LogP contribution in [0.2, 0.25) is 0 Å². The minimum absolute atomic E-state index is 0.473. The first-order valence-electron chi connectivity index (χ1n) is 8.47. The van der Waals surface area contributed by atoms with Gasteiger partial charge < -0.3 is 14.9 Å². The number of aliphatic hydroxyl groups excluding tert-OH is 1. The fraction of sp³-hybridized carbons (Fsp3) is 0.647. The Morgan fingerprint density at radius 2 is 2.04 bits per heavy atom. The van der Waals surface area contributed by atoms with Gasteiger partial charge in [-0.3, -0.25) is 4.90 Å². The molecule has 0 aliphatic carbocycles. The maximum absolute atomic E-state index is 10.6. The number of hydrogen-bond acceptors (Lipinski definition) is 7. The van der Waals surface area contributed by atoms with E-state index in [0.29, 0.717) is 25.9 Å². The number of aliphatic hydroxyl groups is 2. The number of rotatable bonds is 2. The topological polar surface area (TPSA) is 91.9 Å². The molecule has 0 amide bonds. The molecule has 0 unspecified atom stereocenters. The van der Waals surface area contributed by atoms with Crippen LogP contribution in [0.1, 0.15) is 31.7 Å². The summed E-state index contributed by atoms with van der Waals surface area (Å²) in [6.45, 7) is 4.55. The molecule has 0 saturated carbocycles. The van der Waals surface area contributed by atoms with Crippen LogP contribution in [0.4, 0.5) is 0 Å². The SMILES string of the molecule is C[C@@]1(O)CCOC2(CCN(Cc3cccc4nonc34)CC2)[C@H]1O. The van der Waals surface area contributed by atoms with Crippen LogP contribution < -0.4 is 0 Å². The van der Waals surface area contributed by atoms with Gasteiger partial charge in [0.1, 0.15) is 17.1 Å². The highest BCUT2D eigenvalue weighted by Crippen LogP contribution is 2.40. The largest absolute Gasteiger partial charge is 0.387 e. The third-order valence-electron chi connectivity index (χ3n) is 5.55. The summed E-state index contributed by atoms with van der Waals surface area (Å²) in [5.74, 6) is 0. The zero-order valence-electron chi connectivity index (χ0n) is 13.8. The van der Waals surface area contributed by atoms with Crippen LogP contribution in [0.5, 0.6) is 0 Å². The zero-order valence-corrected chi connectivity index (χ0v) is 13.8. The van der Waals surface area contributed by atoms with Gasteiger partial charge in [0.15, 0.2) is 0 Å². The van der Waals surface area contributed by atoms with Gasteiger partial charge in [0.05, 0.1) is 17.8 Å². The highest BCUT2D eigenvalue weighted by atomic mass is 16.6. The molecule has 2 aliphatic heterocycles. The van der Waals surface area contributed by atoms with Gasteiger partial charge in [0.2, 0.25) is 0 Å². The first-order valence-corrected chi connectivity index (χ1v) is 8.47. The minimum Gasteiger partial charge on any atom is -0.387 e. The molecule has 24 heavy (non-hydrogen) atoms. The number of aromatic nitrogens is 2. The Hall–Kier alpha value is -1.54. The maximum Gasteiger partial charge on any atom is 0.139 e. The summed E-state index contributed by atoms with van der Waals surface area (Å²) in [5.41, 5.74) is 0.956. The molecule has 1 spiro atoms. The first-order chi connectivity index (χ1) is 11.5. The summed E-state index contributed by atoms with van der Waals surface area (Å²) < 4.78 is 10.8. The first kappa shape index (κ1) is 16.0. The number of nitrogens with zero attached hydrogens (tertiary/aromatic N) is 3. The summed E-state index contributed by atoms with van der Waals surface area (Å²) >= 11 is 0. The van der Waals surface area contributed by atoms with Gasteiger partial charge in [-0.05, 0) is 41.7 Å². The monoisotopic (exact) mass is 333 g/mol. The van der Waals surface area contributed by atoms with E-state index in [0.717, 1.165) is 36.2 Å². The molecule has 2 fully saturated rings. The Balaban J connectivity index is 1.46. The molecule has 3 heterocycles. The Morgan fingerprint density at radius 1 is 1.25 bits per heavy atom. The van der Waals surface area contributed by atoms with Gasteiger partial charge >= 0.3 is 0 Å². The van der Waals surface area contributed by atoms with Crippen LogP contribution in [0.3, 0.4) is 0 Å². The molecule has 0 bridgehead atoms. The van der Waals surface area contributed by atoms with Crippen LogP contribution in [-0.4, -0.2) is 62.4 Å². The van der Waals surface area contributed by atoms with Crippen molar-refractivity contribution in [2.75, 3.05) is 19.7 Å². The van der Waals surface area contributed by atoms with E-state index in [2.05, 4.69) is 15.2 Å². The van der Waals surface area contributed by atoms with E-state index in [-0.39, 0.29) is 0 Å². The van der Waals surface area contributed by atoms with Gasteiger partial charge in [-0.25, -0.2) is 4.63 Å². The second-order valence-corrected chi connectivity index (χ2v) is 7.25. The molecule has 1 aromatic heterocycles. The molecule has 1 aromatic carbocycles. The van der Waals surface area contributed by atoms with E-state index in [4.69, 9.17) is 9.37 Å². The van der Waals surface area contributed by atoms with E-state index in [9.17, 15) is 10.2 Å². The maximum atomic E-state index is 10.6. The van der Waals surface area contributed by atoms with E-state index < -0.39 is 17.3 Å². The summed E-state index contributed by atoms with van der Waals surface area (Å²) in [7, 11) is 0. The molecule has 2 aliphatic rings. The number of benzene rings is 1. The van der Waals surface area contributed by atoms with E-state index in [1.54, 1.807) is 6.92 Å². The van der Waals surface area contributed by atoms with Crippen LogP contribution in [0.15, 0.2) is 22.8 Å². The summed E-state index contributed by atoms with van der Waals surface area (Å²) in [4.78, 5) is 2.31. The third-order valence-corrected chi connectivity index (χ3v) is 5.55. The van der Waals surface area contributed by atoms with Crippen molar-refractivity contribution in [2.45, 2.75) is 50.0 Å². The van der Waals surface area contributed by atoms with Crippen molar-refractivity contribution in [3.05, 3.63) is 23.8 Å². The van der Waals surface area contributed by atoms with Crippen molar-refractivity contribution in [1.82, 2.24) is 15.2 Å².